The van der Waals surface area contributed by atoms with Gasteiger partial charge in [-0.25, -0.2) is 4.98 Å². The summed E-state index contributed by atoms with van der Waals surface area (Å²) in [4.78, 5) is 5.17. The second kappa shape index (κ2) is 12.6. The second-order valence-corrected chi connectivity index (χ2v) is 15.8. The predicted molar refractivity (Wildman–Crippen MR) is 242 cm³/mol. The predicted octanol–water partition coefficient (Wildman–Crippen LogP) is 14.6. The molecule has 0 aliphatic carbocycles. The van der Waals surface area contributed by atoms with E-state index < -0.39 is 0 Å². The number of hydrogen-bond acceptors (Lipinski definition) is 2. The average Bonchev–Trinajstić information content (AvgIpc) is 3.97. The third kappa shape index (κ3) is 4.94. The van der Waals surface area contributed by atoms with Crippen molar-refractivity contribution in [2.45, 2.75) is 0 Å². The van der Waals surface area contributed by atoms with Crippen molar-refractivity contribution in [3.05, 3.63) is 200 Å². The topological polar surface area (TPSA) is 22.8 Å². The Kier molecular flexibility index (Phi) is 7.10. The van der Waals surface area contributed by atoms with Gasteiger partial charge in [-0.2, -0.15) is 0 Å². The summed E-state index contributed by atoms with van der Waals surface area (Å²) >= 11 is 1.91. The first kappa shape index (κ1) is 32.0. The molecule has 4 heteroatoms. The quantitative estimate of drug-likeness (QED) is 0.172. The summed E-state index contributed by atoms with van der Waals surface area (Å²) in [6.07, 6.45) is 0. The highest BCUT2D eigenvalue weighted by atomic mass is 32.1. The van der Waals surface area contributed by atoms with Crippen LogP contribution in [0.4, 0.5) is 0 Å². The molecule has 9 aromatic carbocycles. The normalized spacial score (nSPS) is 11.9. The molecule has 0 spiro atoms. The fraction of sp³-hybridized carbons (Fsp3) is 0. The van der Waals surface area contributed by atoms with Crippen LogP contribution in [-0.2, 0) is 0 Å². The van der Waals surface area contributed by atoms with E-state index in [1.54, 1.807) is 0 Å². The summed E-state index contributed by atoms with van der Waals surface area (Å²) in [7, 11) is 0. The van der Waals surface area contributed by atoms with Gasteiger partial charge in [-0.1, -0.05) is 127 Å². The molecule has 0 aliphatic heterocycles. The molecule has 0 N–H and O–H groups in total. The Labute approximate surface area is 333 Å². The standard InChI is InChI=1S/C53H33N3S/c1-4-14-34(15-5-1)37-26-30-46-43(32-37)50-51(42-21-11-10-20-41(42)49-44-33-38(35-16-6-2-7-17-35)27-31-48(44)57-52(49)50)55(46)40-28-24-36(25-29-40)53-54-45-22-12-13-23-47(45)56(53)39-18-8-3-9-19-39/h1-33H. The van der Waals surface area contributed by atoms with E-state index in [-0.39, 0.29) is 0 Å². The van der Waals surface area contributed by atoms with Gasteiger partial charge in [0.1, 0.15) is 5.82 Å². The van der Waals surface area contributed by atoms with Gasteiger partial charge in [0, 0.05) is 53.3 Å². The first-order chi connectivity index (χ1) is 28.3. The summed E-state index contributed by atoms with van der Waals surface area (Å²) < 4.78 is 7.38. The molecular weight excluding hydrogens is 711 g/mol. The van der Waals surface area contributed by atoms with Crippen LogP contribution in [0.5, 0.6) is 0 Å². The number of rotatable bonds is 5. The zero-order chi connectivity index (χ0) is 37.5. The van der Waals surface area contributed by atoms with Crippen LogP contribution >= 0.6 is 11.3 Å². The van der Waals surface area contributed by atoms with Crippen LogP contribution in [0.25, 0.3) is 109 Å². The van der Waals surface area contributed by atoms with E-state index >= 15 is 0 Å². The summed E-state index contributed by atoms with van der Waals surface area (Å²) in [6, 6.07) is 72.4. The van der Waals surface area contributed by atoms with Crippen LogP contribution in [-0.4, -0.2) is 14.1 Å². The lowest BCUT2D eigenvalue weighted by molar-refractivity contribution is 1.10. The van der Waals surface area contributed by atoms with E-state index in [4.69, 9.17) is 4.98 Å². The molecule has 0 atom stereocenters. The van der Waals surface area contributed by atoms with Crippen molar-refractivity contribution >= 4 is 75.1 Å². The van der Waals surface area contributed by atoms with Gasteiger partial charge in [-0.05, 0) is 100 Å². The van der Waals surface area contributed by atoms with Crippen LogP contribution in [0.3, 0.4) is 0 Å². The number of benzene rings is 9. The molecule has 3 aromatic heterocycles. The fourth-order valence-electron chi connectivity index (χ4n) is 8.93. The molecular formula is C53H33N3S. The summed E-state index contributed by atoms with van der Waals surface area (Å²) in [5.74, 6) is 0.927. The first-order valence-corrected chi connectivity index (χ1v) is 20.2. The molecule has 0 bridgehead atoms. The van der Waals surface area contributed by atoms with Crippen molar-refractivity contribution in [1.82, 2.24) is 14.1 Å². The van der Waals surface area contributed by atoms with Gasteiger partial charge in [0.05, 0.1) is 22.1 Å². The van der Waals surface area contributed by atoms with Crippen molar-refractivity contribution in [1.29, 1.82) is 0 Å². The van der Waals surface area contributed by atoms with Crippen LogP contribution < -0.4 is 0 Å². The minimum absolute atomic E-state index is 0.927. The van der Waals surface area contributed by atoms with E-state index in [0.717, 1.165) is 33.8 Å². The molecule has 57 heavy (non-hydrogen) atoms. The molecule has 3 heterocycles. The minimum atomic E-state index is 0.927. The average molecular weight is 744 g/mol. The SMILES string of the molecule is c1ccc(-c2ccc3sc4c(c3c2)c2ccccc2c2c4c3cc(-c4ccccc4)ccc3n2-c2ccc(-c3nc4ccccc4n3-c3ccccc3)cc2)cc1. The number of para-hydroxylation sites is 3. The molecule has 0 radical (unpaired) electrons. The Bertz CT molecular complexity index is 3490. The van der Waals surface area contributed by atoms with Crippen LogP contribution in [0.2, 0.25) is 0 Å². The molecule has 0 aliphatic rings. The van der Waals surface area contributed by atoms with Gasteiger partial charge in [0.25, 0.3) is 0 Å². The Balaban J connectivity index is 1.14. The van der Waals surface area contributed by atoms with Crippen molar-refractivity contribution in [3.8, 4) is 45.0 Å². The highest BCUT2D eigenvalue weighted by Gasteiger charge is 2.23. The number of fused-ring (bicyclic) bond motifs is 11. The smallest absolute Gasteiger partial charge is 0.145 e. The zero-order valence-electron chi connectivity index (χ0n) is 30.8. The number of nitrogens with zero attached hydrogens (tertiary/aromatic N) is 3. The first-order valence-electron chi connectivity index (χ1n) is 19.4. The van der Waals surface area contributed by atoms with E-state index in [9.17, 15) is 0 Å². The monoisotopic (exact) mass is 743 g/mol. The van der Waals surface area contributed by atoms with E-state index in [2.05, 4.69) is 209 Å². The number of imidazole rings is 1. The minimum Gasteiger partial charge on any atom is -0.309 e. The maximum atomic E-state index is 5.17. The Morgan fingerprint density at radius 1 is 0.368 bits per heavy atom. The van der Waals surface area contributed by atoms with Gasteiger partial charge in [-0.15, -0.1) is 11.3 Å². The third-order valence-electron chi connectivity index (χ3n) is 11.5. The maximum absolute atomic E-state index is 5.17. The summed E-state index contributed by atoms with van der Waals surface area (Å²) in [5.41, 5.74) is 12.7. The van der Waals surface area contributed by atoms with E-state index in [1.807, 2.05) is 11.3 Å². The summed E-state index contributed by atoms with van der Waals surface area (Å²) in [6.45, 7) is 0. The lowest BCUT2D eigenvalue weighted by atomic mass is 9.97. The largest absolute Gasteiger partial charge is 0.309 e. The maximum Gasteiger partial charge on any atom is 0.145 e. The van der Waals surface area contributed by atoms with Gasteiger partial charge < -0.3 is 4.57 Å². The third-order valence-corrected chi connectivity index (χ3v) is 12.7. The number of aromatic nitrogens is 3. The molecule has 0 saturated heterocycles. The molecule has 266 valence electrons. The fourth-order valence-corrected chi connectivity index (χ4v) is 10.2. The van der Waals surface area contributed by atoms with Gasteiger partial charge in [0.15, 0.2) is 0 Å². The molecule has 0 saturated carbocycles. The Morgan fingerprint density at radius 3 is 1.68 bits per heavy atom. The Morgan fingerprint density at radius 2 is 0.947 bits per heavy atom. The summed E-state index contributed by atoms with van der Waals surface area (Å²) in [5, 5.41) is 7.71. The molecule has 0 unspecified atom stereocenters. The van der Waals surface area contributed by atoms with Gasteiger partial charge in [0.2, 0.25) is 0 Å². The zero-order valence-corrected chi connectivity index (χ0v) is 31.6. The molecule has 12 aromatic rings. The number of hydrogen-bond donors (Lipinski definition) is 0. The van der Waals surface area contributed by atoms with E-state index in [1.165, 1.54) is 75.0 Å². The van der Waals surface area contributed by atoms with Crippen molar-refractivity contribution in [2.75, 3.05) is 0 Å². The Hall–Kier alpha value is -7.27. The highest BCUT2D eigenvalue weighted by molar-refractivity contribution is 7.27. The molecule has 0 amide bonds. The van der Waals surface area contributed by atoms with Crippen molar-refractivity contribution in [3.63, 3.8) is 0 Å². The second-order valence-electron chi connectivity index (χ2n) is 14.7. The van der Waals surface area contributed by atoms with Gasteiger partial charge in [-0.3, -0.25) is 4.57 Å². The highest BCUT2D eigenvalue weighted by Crippen LogP contribution is 2.49. The molecule has 3 nitrogen and oxygen atoms in total. The van der Waals surface area contributed by atoms with Crippen molar-refractivity contribution < 1.29 is 0 Å². The van der Waals surface area contributed by atoms with Crippen molar-refractivity contribution in [2.24, 2.45) is 0 Å². The van der Waals surface area contributed by atoms with Crippen LogP contribution in [0.1, 0.15) is 0 Å². The number of thiophene rings is 1. The van der Waals surface area contributed by atoms with Crippen LogP contribution in [0, 0.1) is 0 Å². The molecule has 0 fully saturated rings. The lowest BCUT2D eigenvalue weighted by Crippen LogP contribution is -1.98. The molecule has 12 rings (SSSR count). The van der Waals surface area contributed by atoms with E-state index in [0.29, 0.717) is 0 Å². The lowest BCUT2D eigenvalue weighted by Gasteiger charge is -2.13. The van der Waals surface area contributed by atoms with Crippen LogP contribution in [0.15, 0.2) is 200 Å². The van der Waals surface area contributed by atoms with Gasteiger partial charge >= 0.3 is 0 Å².